The Kier molecular flexibility index (Phi) is 3.29. The Morgan fingerprint density at radius 3 is 3.07 bits per heavy atom. The molecule has 15 heavy (non-hydrogen) atoms. The van der Waals surface area contributed by atoms with Gasteiger partial charge in [-0.1, -0.05) is 13.3 Å². The van der Waals surface area contributed by atoms with E-state index in [1.54, 1.807) is 0 Å². The van der Waals surface area contributed by atoms with E-state index in [0.29, 0.717) is 6.04 Å². The minimum atomic E-state index is 0.664. The Balaban J connectivity index is 1.95. The van der Waals surface area contributed by atoms with Gasteiger partial charge in [-0.2, -0.15) is 0 Å². The molecule has 2 rings (SSSR count). The number of rotatable bonds is 4. The van der Waals surface area contributed by atoms with E-state index >= 15 is 0 Å². The van der Waals surface area contributed by atoms with E-state index in [2.05, 4.69) is 46.1 Å². The van der Waals surface area contributed by atoms with E-state index in [4.69, 9.17) is 0 Å². The number of aromatic nitrogens is 1. The second-order valence-corrected chi connectivity index (χ2v) is 5.27. The lowest BCUT2D eigenvalue weighted by Gasteiger charge is -2.08. The minimum absolute atomic E-state index is 0.664. The first kappa shape index (κ1) is 10.9. The molecule has 2 nitrogen and oxygen atoms in total. The largest absolute Gasteiger partial charge is 0.367 e. The molecule has 1 N–H and O–H groups in total. The van der Waals surface area contributed by atoms with E-state index in [1.807, 2.05) is 6.20 Å². The highest BCUT2D eigenvalue weighted by Gasteiger charge is 2.36. The third-order valence-electron chi connectivity index (χ3n) is 2.95. The molecule has 0 saturated heterocycles. The van der Waals surface area contributed by atoms with E-state index in [-0.39, 0.29) is 0 Å². The van der Waals surface area contributed by atoms with Crippen molar-refractivity contribution in [1.82, 2.24) is 4.98 Å². The van der Waals surface area contributed by atoms with Crippen molar-refractivity contribution >= 4 is 21.7 Å². The van der Waals surface area contributed by atoms with Crippen LogP contribution in [0, 0.1) is 12.8 Å². The quantitative estimate of drug-likeness (QED) is 0.900. The lowest BCUT2D eigenvalue weighted by Crippen LogP contribution is -2.07. The fourth-order valence-electron chi connectivity index (χ4n) is 1.98. The molecule has 82 valence electrons. The molecule has 0 aliphatic heterocycles. The number of aryl methyl sites for hydroxylation is 1. The topological polar surface area (TPSA) is 24.9 Å². The lowest BCUT2D eigenvalue weighted by molar-refractivity contribution is 0.692. The molecule has 0 radical (unpaired) electrons. The predicted octanol–water partition coefficient (Wildman–Crippen LogP) is 3.75. The van der Waals surface area contributed by atoms with Crippen molar-refractivity contribution in [3.05, 3.63) is 22.3 Å². The van der Waals surface area contributed by atoms with Crippen molar-refractivity contribution in [2.24, 2.45) is 5.92 Å². The van der Waals surface area contributed by atoms with Crippen LogP contribution >= 0.6 is 15.9 Å². The zero-order valence-corrected chi connectivity index (χ0v) is 10.8. The second-order valence-electron chi connectivity index (χ2n) is 4.35. The highest BCUT2D eigenvalue weighted by Crippen LogP contribution is 2.37. The predicted molar refractivity (Wildman–Crippen MR) is 67.1 cm³/mol. The van der Waals surface area contributed by atoms with Crippen LogP contribution in [-0.2, 0) is 0 Å². The Morgan fingerprint density at radius 2 is 2.40 bits per heavy atom. The van der Waals surface area contributed by atoms with Gasteiger partial charge in [0, 0.05) is 16.7 Å². The molecule has 0 aromatic carbocycles. The Hall–Kier alpha value is -0.570. The second kappa shape index (κ2) is 4.52. The van der Waals surface area contributed by atoms with Gasteiger partial charge in [0.1, 0.15) is 5.82 Å². The number of nitrogens with one attached hydrogen (secondary N) is 1. The van der Waals surface area contributed by atoms with Crippen molar-refractivity contribution in [3.63, 3.8) is 0 Å². The van der Waals surface area contributed by atoms with E-state index < -0.39 is 0 Å². The van der Waals surface area contributed by atoms with Crippen LogP contribution in [-0.4, -0.2) is 11.0 Å². The van der Waals surface area contributed by atoms with Crippen LogP contribution in [0.3, 0.4) is 0 Å². The fraction of sp³-hybridized carbons (Fsp3) is 0.583. The molecule has 2 unspecified atom stereocenters. The Bertz CT molecular complexity index is 351. The molecular formula is C12H17BrN2. The van der Waals surface area contributed by atoms with Gasteiger partial charge in [-0.3, -0.25) is 0 Å². The van der Waals surface area contributed by atoms with Gasteiger partial charge in [0.25, 0.3) is 0 Å². The smallest absolute Gasteiger partial charge is 0.129 e. The molecular weight excluding hydrogens is 252 g/mol. The number of pyridine rings is 1. The molecule has 1 aromatic rings. The molecule has 0 spiro atoms. The molecule has 3 heteroatoms. The molecule has 0 bridgehead atoms. The van der Waals surface area contributed by atoms with Crippen LogP contribution in [0.5, 0.6) is 0 Å². The highest BCUT2D eigenvalue weighted by molar-refractivity contribution is 9.10. The van der Waals surface area contributed by atoms with Crippen molar-refractivity contribution in [2.45, 2.75) is 39.2 Å². The number of hydrogen-bond donors (Lipinski definition) is 1. The number of halogens is 1. The molecule has 2 atom stereocenters. The van der Waals surface area contributed by atoms with Gasteiger partial charge in [0.15, 0.2) is 0 Å². The van der Waals surface area contributed by atoms with Crippen LogP contribution in [0.25, 0.3) is 0 Å². The average Bonchev–Trinajstić information content (AvgIpc) is 2.90. The Labute approximate surface area is 99.6 Å². The SMILES string of the molecule is CCCC1CC1Nc1ncc(Br)cc1C. The molecule has 1 aromatic heterocycles. The first-order valence-electron chi connectivity index (χ1n) is 5.59. The van der Waals surface area contributed by atoms with Crippen LogP contribution in [0.15, 0.2) is 16.7 Å². The van der Waals surface area contributed by atoms with Gasteiger partial charge in [-0.15, -0.1) is 0 Å². The number of hydrogen-bond acceptors (Lipinski definition) is 2. The summed E-state index contributed by atoms with van der Waals surface area (Å²) in [6.45, 7) is 4.34. The van der Waals surface area contributed by atoms with Gasteiger partial charge in [0.2, 0.25) is 0 Å². The summed E-state index contributed by atoms with van der Waals surface area (Å²) in [7, 11) is 0. The standard InChI is InChI=1S/C12H17BrN2/c1-3-4-9-6-11(9)15-12-8(2)5-10(13)7-14-12/h5,7,9,11H,3-4,6H2,1-2H3,(H,14,15). The van der Waals surface area contributed by atoms with Crippen molar-refractivity contribution in [3.8, 4) is 0 Å². The van der Waals surface area contributed by atoms with Crippen LogP contribution < -0.4 is 5.32 Å². The van der Waals surface area contributed by atoms with Crippen LogP contribution in [0.4, 0.5) is 5.82 Å². The summed E-state index contributed by atoms with van der Waals surface area (Å²) in [4.78, 5) is 4.39. The summed E-state index contributed by atoms with van der Waals surface area (Å²) < 4.78 is 1.05. The summed E-state index contributed by atoms with van der Waals surface area (Å²) in [6, 6.07) is 2.77. The number of anilines is 1. The van der Waals surface area contributed by atoms with Crippen molar-refractivity contribution in [1.29, 1.82) is 0 Å². The third-order valence-corrected chi connectivity index (χ3v) is 3.38. The maximum atomic E-state index is 4.39. The molecule has 1 fully saturated rings. The summed E-state index contributed by atoms with van der Waals surface area (Å²) in [6.07, 6.45) is 5.79. The van der Waals surface area contributed by atoms with E-state index in [1.165, 1.54) is 24.8 Å². The van der Waals surface area contributed by atoms with Crippen molar-refractivity contribution in [2.75, 3.05) is 5.32 Å². The molecule has 1 aliphatic carbocycles. The van der Waals surface area contributed by atoms with Crippen LogP contribution in [0.1, 0.15) is 31.7 Å². The maximum absolute atomic E-state index is 4.39. The first-order valence-corrected chi connectivity index (χ1v) is 6.38. The van der Waals surface area contributed by atoms with Gasteiger partial charge < -0.3 is 5.32 Å². The van der Waals surface area contributed by atoms with Crippen molar-refractivity contribution < 1.29 is 0 Å². The third kappa shape index (κ3) is 2.71. The summed E-state index contributed by atoms with van der Waals surface area (Å²) in [5.41, 5.74) is 1.21. The zero-order valence-electron chi connectivity index (χ0n) is 9.26. The maximum Gasteiger partial charge on any atom is 0.129 e. The minimum Gasteiger partial charge on any atom is -0.367 e. The van der Waals surface area contributed by atoms with E-state index in [0.717, 1.165) is 16.2 Å². The molecule has 1 aliphatic rings. The summed E-state index contributed by atoms with van der Waals surface area (Å²) >= 11 is 3.42. The van der Waals surface area contributed by atoms with Crippen LogP contribution in [0.2, 0.25) is 0 Å². The Morgan fingerprint density at radius 1 is 1.60 bits per heavy atom. The van der Waals surface area contributed by atoms with Gasteiger partial charge >= 0.3 is 0 Å². The first-order chi connectivity index (χ1) is 7.20. The average molecular weight is 269 g/mol. The lowest BCUT2D eigenvalue weighted by atomic mass is 10.2. The number of nitrogens with zero attached hydrogens (tertiary/aromatic N) is 1. The molecule has 1 saturated carbocycles. The zero-order chi connectivity index (χ0) is 10.8. The molecule has 1 heterocycles. The summed E-state index contributed by atoms with van der Waals surface area (Å²) in [5.74, 6) is 1.92. The monoisotopic (exact) mass is 268 g/mol. The highest BCUT2D eigenvalue weighted by atomic mass is 79.9. The molecule has 0 amide bonds. The van der Waals surface area contributed by atoms with E-state index in [9.17, 15) is 0 Å². The normalized spacial score (nSPS) is 23.9. The summed E-state index contributed by atoms with van der Waals surface area (Å²) in [5, 5.41) is 3.51. The van der Waals surface area contributed by atoms with Gasteiger partial charge in [-0.25, -0.2) is 4.98 Å². The fourth-order valence-corrected chi connectivity index (χ4v) is 2.43. The van der Waals surface area contributed by atoms with Gasteiger partial charge in [-0.05, 0) is 53.2 Å². The van der Waals surface area contributed by atoms with Gasteiger partial charge in [0.05, 0.1) is 0 Å².